The molecule has 2 N–H and O–H groups in total. The van der Waals surface area contributed by atoms with Crippen molar-refractivity contribution >= 4 is 11.0 Å². The summed E-state index contributed by atoms with van der Waals surface area (Å²) in [6.45, 7) is 2.10. The van der Waals surface area contributed by atoms with Crippen molar-refractivity contribution in [3.8, 4) is 11.5 Å². The average molecular weight is 248 g/mol. The van der Waals surface area contributed by atoms with Gasteiger partial charge in [-0.2, -0.15) is 0 Å². The second kappa shape index (κ2) is 5.12. The molecule has 0 radical (unpaired) electrons. The Hall–Kier alpha value is -1.97. The van der Waals surface area contributed by atoms with Gasteiger partial charge in [0, 0.05) is 18.2 Å². The van der Waals surface area contributed by atoms with E-state index in [-0.39, 0.29) is 17.1 Å². The third-order valence-electron chi connectivity index (χ3n) is 2.94. The van der Waals surface area contributed by atoms with Gasteiger partial charge in [0.1, 0.15) is 17.1 Å². The summed E-state index contributed by atoms with van der Waals surface area (Å²) in [5.41, 5.74) is 0.540. The van der Waals surface area contributed by atoms with Gasteiger partial charge in [0.05, 0.1) is 5.39 Å². The minimum Gasteiger partial charge on any atom is -0.508 e. The number of unbranched alkanes of at least 4 members (excludes halogenated alkanes) is 2. The summed E-state index contributed by atoms with van der Waals surface area (Å²) in [7, 11) is 0. The highest BCUT2D eigenvalue weighted by Gasteiger charge is 2.11. The number of benzene rings is 1. The number of fused-ring (bicyclic) bond motifs is 1. The molecule has 2 rings (SSSR count). The lowest BCUT2D eigenvalue weighted by molar-refractivity contribution is 0.450. The van der Waals surface area contributed by atoms with E-state index in [4.69, 9.17) is 4.42 Å². The predicted octanol–water partition coefficient (Wildman–Crippen LogP) is 2.94. The lowest BCUT2D eigenvalue weighted by Gasteiger charge is -2.07. The van der Waals surface area contributed by atoms with Gasteiger partial charge in [0.15, 0.2) is 0 Å². The molecule has 0 spiro atoms. The number of aryl methyl sites for hydroxylation is 1. The van der Waals surface area contributed by atoms with Crippen LogP contribution in [-0.2, 0) is 6.42 Å². The van der Waals surface area contributed by atoms with E-state index in [0.717, 1.165) is 24.8 Å². The first-order valence-corrected chi connectivity index (χ1v) is 6.10. The number of hydrogen-bond donors (Lipinski definition) is 2. The zero-order valence-corrected chi connectivity index (χ0v) is 10.3. The summed E-state index contributed by atoms with van der Waals surface area (Å²) in [5, 5.41) is 19.8. The molecule has 2 aromatic rings. The summed E-state index contributed by atoms with van der Waals surface area (Å²) in [6.07, 6.45) is 3.83. The molecule has 0 unspecified atom stereocenters. The topological polar surface area (TPSA) is 70.7 Å². The fourth-order valence-electron chi connectivity index (χ4n) is 2.10. The fourth-order valence-corrected chi connectivity index (χ4v) is 2.10. The van der Waals surface area contributed by atoms with Gasteiger partial charge in [-0.15, -0.1) is 0 Å². The van der Waals surface area contributed by atoms with E-state index < -0.39 is 5.63 Å². The Kier molecular flexibility index (Phi) is 3.55. The quantitative estimate of drug-likeness (QED) is 0.644. The standard InChI is InChI=1S/C14H16O4/c1-2-3-4-5-9-6-13(17)18-12-8-10(15)7-11(16)14(9)12/h6-8,15-16H,2-5H2,1H3. The molecule has 96 valence electrons. The molecule has 4 heteroatoms. The number of rotatable bonds is 4. The average Bonchev–Trinajstić information content (AvgIpc) is 2.27. The highest BCUT2D eigenvalue weighted by Crippen LogP contribution is 2.32. The molecule has 0 amide bonds. The minimum absolute atomic E-state index is 0.0553. The maximum atomic E-state index is 11.4. The molecule has 0 bridgehead atoms. The molecule has 0 fully saturated rings. The van der Waals surface area contributed by atoms with Gasteiger partial charge in [-0.25, -0.2) is 4.79 Å². The van der Waals surface area contributed by atoms with Crippen LogP contribution in [-0.4, -0.2) is 10.2 Å². The summed E-state index contributed by atoms with van der Waals surface area (Å²) < 4.78 is 4.99. The molecule has 0 aliphatic carbocycles. The van der Waals surface area contributed by atoms with E-state index in [1.807, 2.05) is 0 Å². The van der Waals surface area contributed by atoms with E-state index >= 15 is 0 Å². The van der Waals surface area contributed by atoms with Crippen LogP contribution < -0.4 is 5.63 Å². The van der Waals surface area contributed by atoms with Crippen molar-refractivity contribution in [3.05, 3.63) is 34.2 Å². The SMILES string of the molecule is CCCCCc1cc(=O)oc2cc(O)cc(O)c12. The Morgan fingerprint density at radius 2 is 1.94 bits per heavy atom. The van der Waals surface area contributed by atoms with Gasteiger partial charge >= 0.3 is 5.63 Å². The van der Waals surface area contributed by atoms with Crippen LogP contribution in [0.2, 0.25) is 0 Å². The minimum atomic E-state index is -0.459. The third kappa shape index (κ3) is 2.47. The molecule has 1 aromatic heterocycles. The number of hydrogen-bond acceptors (Lipinski definition) is 4. The van der Waals surface area contributed by atoms with Crippen LogP contribution in [0.5, 0.6) is 11.5 Å². The Bertz CT molecular complexity index is 613. The number of phenols is 2. The molecule has 0 saturated carbocycles. The zero-order valence-electron chi connectivity index (χ0n) is 10.3. The molecule has 1 heterocycles. The Morgan fingerprint density at radius 3 is 2.67 bits per heavy atom. The lowest BCUT2D eigenvalue weighted by atomic mass is 10.0. The lowest BCUT2D eigenvalue weighted by Crippen LogP contribution is -2.01. The van der Waals surface area contributed by atoms with Crippen molar-refractivity contribution in [2.45, 2.75) is 32.6 Å². The van der Waals surface area contributed by atoms with Crippen molar-refractivity contribution in [3.63, 3.8) is 0 Å². The number of phenolic OH excluding ortho intramolecular Hbond substituents is 2. The molecule has 4 nitrogen and oxygen atoms in total. The molecule has 18 heavy (non-hydrogen) atoms. The van der Waals surface area contributed by atoms with Crippen molar-refractivity contribution < 1.29 is 14.6 Å². The van der Waals surface area contributed by atoms with Crippen LogP contribution >= 0.6 is 0 Å². The molecular formula is C14H16O4. The summed E-state index contributed by atoms with van der Waals surface area (Å²) in [6, 6.07) is 4.01. The van der Waals surface area contributed by atoms with Crippen molar-refractivity contribution in [1.82, 2.24) is 0 Å². The smallest absolute Gasteiger partial charge is 0.336 e. The van der Waals surface area contributed by atoms with Gasteiger partial charge in [0.2, 0.25) is 0 Å². The molecule has 0 atom stereocenters. The Balaban J connectivity index is 2.54. The first-order chi connectivity index (χ1) is 8.61. The normalized spacial score (nSPS) is 10.9. The Morgan fingerprint density at radius 1 is 1.17 bits per heavy atom. The van der Waals surface area contributed by atoms with E-state index in [1.165, 1.54) is 18.2 Å². The van der Waals surface area contributed by atoms with Crippen LogP contribution in [0.15, 0.2) is 27.4 Å². The molecule has 0 saturated heterocycles. The van der Waals surface area contributed by atoms with Crippen LogP contribution in [0.3, 0.4) is 0 Å². The molecule has 0 aliphatic heterocycles. The first kappa shape index (κ1) is 12.5. The van der Waals surface area contributed by atoms with Crippen LogP contribution in [0, 0.1) is 0 Å². The second-order valence-electron chi connectivity index (χ2n) is 4.39. The first-order valence-electron chi connectivity index (χ1n) is 6.10. The van der Waals surface area contributed by atoms with Gasteiger partial charge in [-0.05, 0) is 18.4 Å². The van der Waals surface area contributed by atoms with Crippen LogP contribution in [0.4, 0.5) is 0 Å². The maximum Gasteiger partial charge on any atom is 0.336 e. The molecule has 0 aliphatic rings. The largest absolute Gasteiger partial charge is 0.508 e. The summed E-state index contributed by atoms with van der Waals surface area (Å²) >= 11 is 0. The highest BCUT2D eigenvalue weighted by atomic mass is 16.4. The van der Waals surface area contributed by atoms with Crippen LogP contribution in [0.1, 0.15) is 31.7 Å². The molecule has 1 aromatic carbocycles. The van der Waals surface area contributed by atoms with E-state index in [9.17, 15) is 15.0 Å². The van der Waals surface area contributed by atoms with E-state index in [2.05, 4.69) is 6.92 Å². The van der Waals surface area contributed by atoms with Crippen molar-refractivity contribution in [2.75, 3.05) is 0 Å². The maximum absolute atomic E-state index is 11.4. The Labute approximate surface area is 104 Å². The van der Waals surface area contributed by atoms with Gasteiger partial charge in [-0.3, -0.25) is 0 Å². The summed E-state index contributed by atoms with van der Waals surface area (Å²) in [4.78, 5) is 11.4. The molecular weight excluding hydrogens is 232 g/mol. The van der Waals surface area contributed by atoms with E-state index in [0.29, 0.717) is 11.8 Å². The highest BCUT2D eigenvalue weighted by molar-refractivity contribution is 5.87. The van der Waals surface area contributed by atoms with Gasteiger partial charge in [-0.1, -0.05) is 19.8 Å². The monoisotopic (exact) mass is 248 g/mol. The predicted molar refractivity (Wildman–Crippen MR) is 69.0 cm³/mol. The summed E-state index contributed by atoms with van der Waals surface area (Å²) in [5.74, 6) is -0.172. The third-order valence-corrected chi connectivity index (χ3v) is 2.94. The van der Waals surface area contributed by atoms with Crippen molar-refractivity contribution in [2.24, 2.45) is 0 Å². The van der Waals surface area contributed by atoms with E-state index in [1.54, 1.807) is 0 Å². The van der Waals surface area contributed by atoms with Crippen LogP contribution in [0.25, 0.3) is 11.0 Å². The van der Waals surface area contributed by atoms with Gasteiger partial charge in [0.25, 0.3) is 0 Å². The fraction of sp³-hybridized carbons (Fsp3) is 0.357. The second-order valence-corrected chi connectivity index (χ2v) is 4.39. The zero-order chi connectivity index (χ0) is 13.1. The van der Waals surface area contributed by atoms with Crippen molar-refractivity contribution in [1.29, 1.82) is 0 Å². The number of aromatic hydroxyl groups is 2. The van der Waals surface area contributed by atoms with Gasteiger partial charge < -0.3 is 14.6 Å².